The minimum atomic E-state index is -0.473. The fraction of sp³-hybridized carbons (Fsp3) is 0. The van der Waals surface area contributed by atoms with Crippen LogP contribution in [0.25, 0.3) is 33.5 Å². The first-order valence-electron chi connectivity index (χ1n) is 7.28. The number of rotatable bonds is 2. The van der Waals surface area contributed by atoms with Gasteiger partial charge in [0.15, 0.2) is 5.82 Å². The van der Waals surface area contributed by atoms with Crippen LogP contribution in [0.5, 0.6) is 0 Å². The van der Waals surface area contributed by atoms with E-state index in [0.29, 0.717) is 28.0 Å². The van der Waals surface area contributed by atoms with Crippen LogP contribution in [0.1, 0.15) is 0 Å². The van der Waals surface area contributed by atoms with E-state index >= 15 is 0 Å². The fourth-order valence-corrected chi connectivity index (χ4v) is 2.63. The second kappa shape index (κ2) is 5.58. The summed E-state index contributed by atoms with van der Waals surface area (Å²) in [5, 5.41) is 0.672. The second-order valence-corrected chi connectivity index (χ2v) is 5.22. The summed E-state index contributed by atoms with van der Waals surface area (Å²) < 4.78 is 5.48. The lowest BCUT2D eigenvalue weighted by Crippen LogP contribution is -2.07. The average molecular weight is 316 g/mol. The Morgan fingerprint density at radius 3 is 2.42 bits per heavy atom. The van der Waals surface area contributed by atoms with Crippen LogP contribution in [0.15, 0.2) is 70.4 Å². The summed E-state index contributed by atoms with van der Waals surface area (Å²) in [6.45, 7) is 0. The first-order chi connectivity index (χ1) is 11.7. The number of hydrogen-bond donors (Lipinski definition) is 1. The molecule has 0 amide bonds. The number of nitrogens with zero attached hydrogens (tertiary/aromatic N) is 3. The van der Waals surface area contributed by atoms with Crippen molar-refractivity contribution in [1.82, 2.24) is 15.0 Å². The van der Waals surface area contributed by atoms with Gasteiger partial charge in [-0.3, -0.25) is 0 Å². The fourth-order valence-electron chi connectivity index (χ4n) is 2.63. The molecular weight excluding hydrogens is 304 g/mol. The van der Waals surface area contributed by atoms with Gasteiger partial charge in [0.05, 0.1) is 11.3 Å². The van der Waals surface area contributed by atoms with Crippen molar-refractivity contribution in [3.8, 4) is 22.5 Å². The normalized spacial score (nSPS) is 10.8. The second-order valence-electron chi connectivity index (χ2n) is 5.22. The number of aromatic nitrogens is 3. The van der Waals surface area contributed by atoms with Crippen LogP contribution in [0.2, 0.25) is 0 Å². The van der Waals surface area contributed by atoms with Crippen LogP contribution in [-0.4, -0.2) is 15.0 Å². The van der Waals surface area contributed by atoms with Crippen molar-refractivity contribution in [3.05, 3.63) is 71.6 Å². The molecule has 0 atom stereocenters. The molecule has 116 valence electrons. The number of anilines is 1. The Hall–Kier alpha value is -3.54. The molecular formula is C18H12N4O2. The Kier molecular flexibility index (Phi) is 3.28. The van der Waals surface area contributed by atoms with Gasteiger partial charge in [-0.05, 0) is 17.7 Å². The molecule has 24 heavy (non-hydrogen) atoms. The van der Waals surface area contributed by atoms with Crippen LogP contribution < -0.4 is 11.4 Å². The van der Waals surface area contributed by atoms with E-state index in [1.54, 1.807) is 12.1 Å². The Morgan fingerprint density at radius 2 is 1.67 bits per heavy atom. The Morgan fingerprint density at radius 1 is 0.917 bits per heavy atom. The molecule has 0 radical (unpaired) electrons. The van der Waals surface area contributed by atoms with Gasteiger partial charge in [-0.2, -0.15) is 0 Å². The predicted molar refractivity (Wildman–Crippen MR) is 91.2 cm³/mol. The molecule has 0 saturated carbocycles. The summed E-state index contributed by atoms with van der Waals surface area (Å²) in [5.41, 5.74) is 8.38. The highest BCUT2D eigenvalue weighted by Gasteiger charge is 2.15. The van der Waals surface area contributed by atoms with Crippen molar-refractivity contribution in [3.63, 3.8) is 0 Å². The molecule has 2 aromatic carbocycles. The van der Waals surface area contributed by atoms with Crippen LogP contribution in [0, 0.1) is 0 Å². The molecule has 0 aliphatic heterocycles. The van der Waals surface area contributed by atoms with Gasteiger partial charge in [-0.25, -0.2) is 19.7 Å². The van der Waals surface area contributed by atoms with E-state index in [1.807, 2.05) is 36.4 Å². The summed E-state index contributed by atoms with van der Waals surface area (Å²) in [6.07, 6.45) is 2.82. The molecule has 0 fully saturated rings. The van der Waals surface area contributed by atoms with Crippen molar-refractivity contribution in [2.75, 3.05) is 5.73 Å². The molecule has 6 nitrogen and oxygen atoms in total. The lowest BCUT2D eigenvalue weighted by atomic mass is 10.0. The highest BCUT2D eigenvalue weighted by atomic mass is 16.4. The van der Waals surface area contributed by atoms with Gasteiger partial charge in [-0.1, -0.05) is 36.4 Å². The molecule has 2 aromatic heterocycles. The summed E-state index contributed by atoms with van der Waals surface area (Å²) in [7, 11) is 0. The van der Waals surface area contributed by atoms with E-state index in [4.69, 9.17) is 10.2 Å². The maximum Gasteiger partial charge on any atom is 0.346 e. The molecule has 4 aromatic rings. The Labute approximate surface area is 136 Å². The predicted octanol–water partition coefficient (Wildman–Crippen LogP) is 2.89. The van der Waals surface area contributed by atoms with Crippen LogP contribution in [0.3, 0.4) is 0 Å². The smallest absolute Gasteiger partial charge is 0.346 e. The van der Waals surface area contributed by atoms with E-state index in [0.717, 1.165) is 11.1 Å². The monoisotopic (exact) mass is 316 g/mol. The third kappa shape index (κ3) is 2.30. The molecule has 2 heterocycles. The van der Waals surface area contributed by atoms with E-state index < -0.39 is 5.63 Å². The summed E-state index contributed by atoms with van der Waals surface area (Å²) in [4.78, 5) is 24.4. The largest absolute Gasteiger partial charge is 0.422 e. The van der Waals surface area contributed by atoms with Gasteiger partial charge >= 0.3 is 5.63 Å². The van der Waals surface area contributed by atoms with Crippen LogP contribution >= 0.6 is 0 Å². The van der Waals surface area contributed by atoms with Gasteiger partial charge in [0, 0.05) is 10.9 Å². The maximum absolute atomic E-state index is 12.4. The number of benzene rings is 2. The minimum Gasteiger partial charge on any atom is -0.422 e. The van der Waals surface area contributed by atoms with E-state index in [2.05, 4.69) is 15.0 Å². The number of fused-ring (bicyclic) bond motifs is 1. The van der Waals surface area contributed by atoms with E-state index in [1.165, 1.54) is 12.7 Å². The highest BCUT2D eigenvalue weighted by molar-refractivity contribution is 5.97. The zero-order valence-corrected chi connectivity index (χ0v) is 12.5. The SMILES string of the molecule is Nc1c(-c2ccccc2)c(=O)oc2cc(-c3ncncn3)ccc12. The average Bonchev–Trinajstić information content (AvgIpc) is 2.63. The van der Waals surface area contributed by atoms with Crippen molar-refractivity contribution >= 4 is 16.7 Å². The molecule has 4 rings (SSSR count). The summed E-state index contributed by atoms with van der Waals surface area (Å²) in [6, 6.07) is 14.6. The Bertz CT molecular complexity index is 1080. The molecule has 2 N–H and O–H groups in total. The number of nitrogens with two attached hydrogens (primary N) is 1. The lowest BCUT2D eigenvalue weighted by Gasteiger charge is -2.08. The quantitative estimate of drug-likeness (QED) is 0.571. The summed E-state index contributed by atoms with van der Waals surface area (Å²) in [5.74, 6) is 0.500. The maximum atomic E-state index is 12.4. The van der Waals surface area contributed by atoms with Gasteiger partial charge in [-0.15, -0.1) is 0 Å². The zero-order chi connectivity index (χ0) is 16.5. The molecule has 0 aliphatic rings. The van der Waals surface area contributed by atoms with Crippen molar-refractivity contribution in [2.24, 2.45) is 0 Å². The Balaban J connectivity index is 1.94. The summed E-state index contributed by atoms with van der Waals surface area (Å²) >= 11 is 0. The third-order valence-electron chi connectivity index (χ3n) is 3.76. The molecule has 0 aliphatic carbocycles. The van der Waals surface area contributed by atoms with Gasteiger partial charge in [0.25, 0.3) is 0 Å². The van der Waals surface area contributed by atoms with E-state index in [9.17, 15) is 4.79 Å². The molecule has 0 spiro atoms. The highest BCUT2D eigenvalue weighted by Crippen LogP contribution is 2.31. The molecule has 0 bridgehead atoms. The lowest BCUT2D eigenvalue weighted by molar-refractivity contribution is 0.564. The first kappa shape index (κ1) is 14.1. The van der Waals surface area contributed by atoms with Crippen LogP contribution in [0.4, 0.5) is 5.69 Å². The number of nitrogen functional groups attached to an aromatic ring is 1. The standard InChI is InChI=1S/C18H12N4O2/c19-16-13-7-6-12(17-21-9-20-10-22-17)8-14(13)24-18(23)15(16)11-4-2-1-3-5-11/h1-10H,19H2. The van der Waals surface area contributed by atoms with E-state index in [-0.39, 0.29) is 0 Å². The number of hydrogen-bond acceptors (Lipinski definition) is 6. The van der Waals surface area contributed by atoms with Gasteiger partial charge in [0.2, 0.25) is 0 Å². The first-order valence-corrected chi connectivity index (χ1v) is 7.28. The van der Waals surface area contributed by atoms with Crippen molar-refractivity contribution in [2.45, 2.75) is 0 Å². The third-order valence-corrected chi connectivity index (χ3v) is 3.76. The molecule has 0 saturated heterocycles. The minimum absolute atomic E-state index is 0.371. The van der Waals surface area contributed by atoms with Gasteiger partial charge < -0.3 is 10.2 Å². The van der Waals surface area contributed by atoms with Gasteiger partial charge in [0.1, 0.15) is 18.2 Å². The van der Waals surface area contributed by atoms with Crippen molar-refractivity contribution in [1.29, 1.82) is 0 Å². The van der Waals surface area contributed by atoms with Crippen molar-refractivity contribution < 1.29 is 4.42 Å². The molecule has 0 unspecified atom stereocenters. The zero-order valence-electron chi connectivity index (χ0n) is 12.5. The van der Waals surface area contributed by atoms with Crippen LogP contribution in [-0.2, 0) is 0 Å². The molecule has 6 heteroatoms. The topological polar surface area (TPSA) is 94.9 Å².